The first-order valence-corrected chi connectivity index (χ1v) is 16.6. The maximum Gasteiger partial charge on any atom is 0.481 e. The third-order valence-electron chi connectivity index (χ3n) is 9.45. The highest BCUT2D eigenvalue weighted by Crippen LogP contribution is 2.65. The lowest BCUT2D eigenvalue weighted by Crippen LogP contribution is -2.65. The summed E-state index contributed by atoms with van der Waals surface area (Å²) in [5.74, 6) is -0.449. The zero-order valence-corrected chi connectivity index (χ0v) is 25.9. The van der Waals surface area contributed by atoms with E-state index in [0.717, 1.165) is 18.0 Å². The number of nitrogens with one attached hydrogen (secondary N) is 4. The summed E-state index contributed by atoms with van der Waals surface area (Å²) in [5, 5.41) is 24.8. The molecule has 42 heavy (non-hydrogen) atoms. The summed E-state index contributed by atoms with van der Waals surface area (Å²) in [6, 6.07) is -0.909. The lowest BCUT2D eigenvalue weighted by atomic mass is 9.43. The molecule has 238 valence electrons. The van der Waals surface area contributed by atoms with Crippen LogP contribution in [0.3, 0.4) is 0 Å². The molecule has 0 aromatic carbocycles. The minimum Gasteiger partial charge on any atom is -0.404 e. The Hall–Kier alpha value is -2.05. The van der Waals surface area contributed by atoms with Crippen LogP contribution in [0.2, 0.25) is 0 Å². The minimum absolute atomic E-state index is 0.0306. The Kier molecular flexibility index (Phi) is 9.79. The molecule has 3 aliphatic carbocycles. The molecule has 1 unspecified atom stereocenters. The van der Waals surface area contributed by atoms with Gasteiger partial charge in [0, 0.05) is 6.42 Å². The summed E-state index contributed by atoms with van der Waals surface area (Å²) < 4.78 is 35.6. The van der Waals surface area contributed by atoms with Crippen molar-refractivity contribution in [3.05, 3.63) is 10.1 Å². The second-order valence-corrected chi connectivity index (χ2v) is 15.1. The molecule has 2 amide bonds. The molecule has 15 nitrogen and oxygen atoms in total. The van der Waals surface area contributed by atoms with Crippen molar-refractivity contribution in [1.82, 2.24) is 26.5 Å². The van der Waals surface area contributed by atoms with Crippen molar-refractivity contribution in [3.8, 4) is 0 Å². The van der Waals surface area contributed by atoms with Crippen molar-refractivity contribution in [2.24, 2.45) is 28.3 Å². The van der Waals surface area contributed by atoms with Gasteiger partial charge in [0.2, 0.25) is 28.1 Å². The molecule has 5 rings (SSSR count). The van der Waals surface area contributed by atoms with Gasteiger partial charge in [-0.2, -0.15) is 0 Å². The fourth-order valence-corrected chi connectivity index (χ4v) is 7.53. The van der Waals surface area contributed by atoms with Crippen LogP contribution in [0.5, 0.6) is 0 Å². The van der Waals surface area contributed by atoms with Crippen molar-refractivity contribution in [2.75, 3.05) is 12.3 Å². The molecule has 0 aromatic rings. The number of hydrogen-bond donors (Lipinski definition) is 5. The van der Waals surface area contributed by atoms with E-state index < -0.39 is 57.9 Å². The summed E-state index contributed by atoms with van der Waals surface area (Å²) >= 11 is 0. The van der Waals surface area contributed by atoms with E-state index in [-0.39, 0.29) is 42.5 Å². The van der Waals surface area contributed by atoms with E-state index in [4.69, 9.17) is 14.4 Å². The van der Waals surface area contributed by atoms with Crippen molar-refractivity contribution in [3.63, 3.8) is 0 Å². The molecule has 17 heteroatoms. The summed E-state index contributed by atoms with van der Waals surface area (Å²) in [5.41, 5.74) is 2.29. The molecular weight excluding hydrogens is 569 g/mol. The summed E-state index contributed by atoms with van der Waals surface area (Å²) in [6.45, 7) is 11.2. The third kappa shape index (κ3) is 7.53. The summed E-state index contributed by atoms with van der Waals surface area (Å²) in [6.07, 6.45) is 2.62. The highest BCUT2D eigenvalue weighted by Gasteiger charge is 2.68. The molecule has 5 aliphatic rings. The number of primary sulfonamides is 1. The van der Waals surface area contributed by atoms with E-state index in [1.807, 2.05) is 0 Å². The number of rotatable bonds is 16. The molecule has 2 bridgehead atoms. The number of hydrogen-bond acceptors (Lipinski definition) is 10. The first-order valence-electron chi connectivity index (χ1n) is 14.9. The Balaban J connectivity index is 1.39. The van der Waals surface area contributed by atoms with Gasteiger partial charge in [0.05, 0.1) is 23.4 Å². The highest BCUT2D eigenvalue weighted by molar-refractivity contribution is 7.89. The van der Waals surface area contributed by atoms with Crippen molar-refractivity contribution in [2.45, 2.75) is 110 Å². The van der Waals surface area contributed by atoms with E-state index in [2.05, 4.69) is 56.0 Å². The van der Waals surface area contributed by atoms with Crippen LogP contribution in [0.4, 0.5) is 0 Å². The van der Waals surface area contributed by atoms with Gasteiger partial charge in [-0.1, -0.05) is 27.7 Å². The van der Waals surface area contributed by atoms with Crippen LogP contribution in [0.25, 0.3) is 0 Å². The zero-order chi connectivity index (χ0) is 31.0. The topological polar surface area (TPSA) is 217 Å². The van der Waals surface area contributed by atoms with Crippen LogP contribution in [0.15, 0.2) is 0 Å². The maximum absolute atomic E-state index is 13.6. The number of carbonyl (C=O) groups excluding carboxylic acids is 2. The monoisotopic (exact) mass is 615 g/mol. The van der Waals surface area contributed by atoms with Crippen LogP contribution in [-0.4, -0.2) is 79.8 Å². The van der Waals surface area contributed by atoms with E-state index >= 15 is 0 Å². The molecule has 5 fully saturated rings. The number of carbonyl (C=O) groups is 2. The van der Waals surface area contributed by atoms with Crippen LogP contribution in [0.1, 0.15) is 79.6 Å². The van der Waals surface area contributed by atoms with Crippen LogP contribution >= 0.6 is 0 Å². The number of sulfonamides is 1. The predicted molar refractivity (Wildman–Crippen MR) is 154 cm³/mol. The Bertz CT molecular complexity index is 1140. The lowest BCUT2D eigenvalue weighted by molar-refractivity contribution is -0.627. The normalized spacial score (nSPS) is 30.7. The standard InChI is InChI=1S/C25H46BN7O8S/c1-15(2)12-20(26-40-19-14-16-13-18(24(16,3)4)25(19,5)41-26)30-22(35)17(29-21(34)9-7-11-42(27,38)39)8-6-10-28-23-31-32(23)33(36)37/h15-20,23,28,31H,6-14H2,1-5H3,(H,29,34)(H,30,35)(H2,27,38,39)/t16-,17-,18-,19+,20-,23?,25-,32?/m0/s1. The van der Waals surface area contributed by atoms with Gasteiger partial charge in [-0.15, -0.1) is 5.43 Å². The van der Waals surface area contributed by atoms with Gasteiger partial charge in [-0.25, -0.2) is 23.7 Å². The predicted octanol–water partition coefficient (Wildman–Crippen LogP) is 0.00360. The quantitative estimate of drug-likeness (QED) is 0.0512. The van der Waals surface area contributed by atoms with Crippen molar-refractivity contribution >= 4 is 29.0 Å². The lowest BCUT2D eigenvalue weighted by Gasteiger charge is -2.64. The summed E-state index contributed by atoms with van der Waals surface area (Å²) in [7, 11) is -4.33. The average Bonchev–Trinajstić information content (AvgIpc) is 3.56. The molecule has 0 aromatic heterocycles. The Labute approximate surface area is 248 Å². The van der Waals surface area contributed by atoms with Crippen molar-refractivity contribution < 1.29 is 32.3 Å². The van der Waals surface area contributed by atoms with Gasteiger partial charge in [0.15, 0.2) is 5.03 Å². The second-order valence-electron chi connectivity index (χ2n) is 13.4. The fourth-order valence-electron chi connectivity index (χ4n) is 6.98. The van der Waals surface area contributed by atoms with Gasteiger partial charge in [0.25, 0.3) is 0 Å². The molecule has 6 N–H and O–H groups in total. The van der Waals surface area contributed by atoms with Crippen LogP contribution < -0.4 is 26.5 Å². The van der Waals surface area contributed by atoms with Gasteiger partial charge >= 0.3 is 7.12 Å². The number of hydrazine groups is 2. The van der Waals surface area contributed by atoms with Gasteiger partial charge in [-0.3, -0.25) is 14.9 Å². The Morgan fingerprint density at radius 1 is 1.21 bits per heavy atom. The Morgan fingerprint density at radius 2 is 1.93 bits per heavy atom. The molecule has 2 aliphatic heterocycles. The van der Waals surface area contributed by atoms with Gasteiger partial charge < -0.3 is 19.9 Å². The molecule has 0 radical (unpaired) electrons. The van der Waals surface area contributed by atoms with E-state index in [1.165, 1.54) is 0 Å². The SMILES string of the molecule is CC(C)C[C@H](NC(=O)[C@H](CCCNC1NN1[N+](=O)[O-])NC(=O)CCCS(N)(=O)=O)B1O[C@@H]2C[C@@H]3C[C@@H](C3(C)C)[C@]2(C)O1. The highest BCUT2D eigenvalue weighted by atomic mass is 32.2. The minimum atomic E-state index is -3.71. The fraction of sp³-hybridized carbons (Fsp3) is 0.920. The largest absolute Gasteiger partial charge is 0.481 e. The molecule has 0 spiro atoms. The first kappa shape index (κ1) is 32.9. The van der Waals surface area contributed by atoms with E-state index in [1.54, 1.807) is 0 Å². The van der Waals surface area contributed by atoms with E-state index in [0.29, 0.717) is 31.2 Å². The maximum atomic E-state index is 13.6. The number of nitrogens with two attached hydrogens (primary N) is 1. The third-order valence-corrected chi connectivity index (χ3v) is 10.3. The molecular formula is C25H46BN7O8S. The first-order chi connectivity index (χ1) is 19.5. The molecule has 2 heterocycles. The Morgan fingerprint density at radius 3 is 2.52 bits per heavy atom. The molecule has 3 saturated carbocycles. The number of nitro groups is 1. The second kappa shape index (κ2) is 12.5. The van der Waals surface area contributed by atoms with Gasteiger partial charge in [0.1, 0.15) is 6.04 Å². The average molecular weight is 616 g/mol. The van der Waals surface area contributed by atoms with Crippen LogP contribution in [-0.2, 0) is 28.9 Å². The zero-order valence-electron chi connectivity index (χ0n) is 25.1. The smallest absolute Gasteiger partial charge is 0.404 e. The molecule has 7 atom stereocenters. The number of amides is 2. The van der Waals surface area contributed by atoms with E-state index in [9.17, 15) is 28.1 Å². The number of nitrogens with zero attached hydrogens (tertiary/aromatic N) is 2. The molecule has 2 saturated heterocycles. The van der Waals surface area contributed by atoms with Gasteiger partial charge in [-0.05, 0) is 80.3 Å². The summed E-state index contributed by atoms with van der Waals surface area (Å²) in [4.78, 5) is 37.1. The van der Waals surface area contributed by atoms with Crippen molar-refractivity contribution in [1.29, 1.82) is 0 Å². The van der Waals surface area contributed by atoms with Crippen LogP contribution in [0, 0.1) is 33.3 Å².